The van der Waals surface area contributed by atoms with Crippen molar-refractivity contribution in [2.24, 2.45) is 5.41 Å². The molecule has 1 aliphatic carbocycles. The number of fused-ring (bicyclic) bond motifs is 1. The molecule has 3 aromatic rings. The first kappa shape index (κ1) is 16.5. The van der Waals surface area contributed by atoms with Crippen molar-refractivity contribution in [1.82, 2.24) is 25.5 Å². The predicted octanol–water partition coefficient (Wildman–Crippen LogP) is 3.01. The van der Waals surface area contributed by atoms with Crippen LogP contribution in [-0.2, 0) is 6.42 Å². The van der Waals surface area contributed by atoms with Crippen molar-refractivity contribution in [3.05, 3.63) is 59.3 Å². The molecule has 0 saturated carbocycles. The number of hydrogen-bond donors (Lipinski definition) is 1. The molecule has 7 heteroatoms. The van der Waals surface area contributed by atoms with Gasteiger partial charge in [0.1, 0.15) is 17.8 Å². The van der Waals surface area contributed by atoms with Crippen LogP contribution in [0.2, 0.25) is 0 Å². The fraction of sp³-hybridized carbons (Fsp3) is 0.368. The van der Waals surface area contributed by atoms with Crippen molar-refractivity contribution in [3.8, 4) is 5.69 Å². The van der Waals surface area contributed by atoms with Gasteiger partial charge in [-0.05, 0) is 53.5 Å². The number of carbonyl (C=O) groups excluding carboxylic acids is 1. The van der Waals surface area contributed by atoms with Gasteiger partial charge in [-0.25, -0.2) is 4.68 Å². The number of nitrogens with zero attached hydrogens (tertiary/aromatic N) is 4. The Morgan fingerprint density at radius 2 is 2.19 bits per heavy atom. The van der Waals surface area contributed by atoms with Gasteiger partial charge in [-0.15, -0.1) is 5.10 Å². The van der Waals surface area contributed by atoms with Gasteiger partial charge in [-0.2, -0.15) is 0 Å². The summed E-state index contributed by atoms with van der Waals surface area (Å²) in [6, 6.07) is 9.22. The molecule has 134 valence electrons. The highest BCUT2D eigenvalue weighted by molar-refractivity contribution is 5.95. The Hall–Kier alpha value is -2.96. The largest absolute Gasteiger partial charge is 0.466 e. The maximum absolute atomic E-state index is 12.9. The van der Waals surface area contributed by atoms with Gasteiger partial charge in [0, 0.05) is 17.5 Å². The van der Waals surface area contributed by atoms with E-state index in [2.05, 4.69) is 34.7 Å². The van der Waals surface area contributed by atoms with Crippen LogP contribution in [0.15, 0.2) is 41.1 Å². The number of furan rings is 1. The molecule has 0 radical (unpaired) electrons. The van der Waals surface area contributed by atoms with Crippen LogP contribution in [0.1, 0.15) is 53.8 Å². The van der Waals surface area contributed by atoms with Crippen LogP contribution < -0.4 is 5.32 Å². The zero-order valence-electron chi connectivity index (χ0n) is 15.1. The summed E-state index contributed by atoms with van der Waals surface area (Å²) in [4.78, 5) is 12.9. The van der Waals surface area contributed by atoms with Crippen molar-refractivity contribution in [1.29, 1.82) is 0 Å². The highest BCUT2D eigenvalue weighted by Crippen LogP contribution is 2.42. The predicted molar refractivity (Wildman–Crippen MR) is 94.9 cm³/mol. The van der Waals surface area contributed by atoms with Gasteiger partial charge in [0.05, 0.1) is 11.7 Å². The Kier molecular flexibility index (Phi) is 3.86. The van der Waals surface area contributed by atoms with Gasteiger partial charge in [0.25, 0.3) is 5.91 Å². The summed E-state index contributed by atoms with van der Waals surface area (Å²) in [5.41, 5.74) is 2.48. The fourth-order valence-electron chi connectivity index (χ4n) is 3.62. The van der Waals surface area contributed by atoms with E-state index in [-0.39, 0.29) is 17.4 Å². The topological polar surface area (TPSA) is 85.8 Å². The normalized spacial score (nSPS) is 18.3. The Labute approximate surface area is 151 Å². The van der Waals surface area contributed by atoms with E-state index >= 15 is 0 Å². The summed E-state index contributed by atoms with van der Waals surface area (Å²) in [7, 11) is 0. The van der Waals surface area contributed by atoms with E-state index in [1.165, 1.54) is 11.0 Å². The first-order valence-corrected chi connectivity index (χ1v) is 8.65. The Morgan fingerprint density at radius 1 is 1.35 bits per heavy atom. The molecule has 0 saturated heterocycles. The zero-order valence-corrected chi connectivity index (χ0v) is 15.1. The molecule has 0 fully saturated rings. The molecule has 2 heterocycles. The summed E-state index contributed by atoms with van der Waals surface area (Å²) >= 11 is 0. The van der Waals surface area contributed by atoms with Crippen LogP contribution in [0.3, 0.4) is 0 Å². The molecule has 1 N–H and O–H groups in total. The standard InChI is InChI=1S/C19H21N5O2/c1-12-7-15-16(9-19(2,3)10-17(15)26-12)21-18(25)13-5-4-6-14(8-13)24-11-20-22-23-24/h4-8,11,16H,9-10H2,1-3H3,(H,21,25). The van der Waals surface area contributed by atoms with Crippen molar-refractivity contribution >= 4 is 5.91 Å². The third-order valence-corrected chi connectivity index (χ3v) is 4.76. The van der Waals surface area contributed by atoms with Crippen molar-refractivity contribution in [3.63, 3.8) is 0 Å². The lowest BCUT2D eigenvalue weighted by atomic mass is 9.74. The number of amides is 1. The highest BCUT2D eigenvalue weighted by atomic mass is 16.3. The van der Waals surface area contributed by atoms with Gasteiger partial charge in [0.2, 0.25) is 0 Å². The third-order valence-electron chi connectivity index (χ3n) is 4.76. The summed E-state index contributed by atoms with van der Waals surface area (Å²) in [5, 5.41) is 14.3. The second kappa shape index (κ2) is 6.09. The van der Waals surface area contributed by atoms with Crippen molar-refractivity contribution in [2.45, 2.75) is 39.7 Å². The third kappa shape index (κ3) is 3.12. The van der Waals surface area contributed by atoms with E-state index in [1.54, 1.807) is 12.1 Å². The number of carbonyl (C=O) groups is 1. The first-order valence-electron chi connectivity index (χ1n) is 8.65. The van der Waals surface area contributed by atoms with E-state index in [4.69, 9.17) is 4.42 Å². The number of aromatic nitrogens is 4. The zero-order chi connectivity index (χ0) is 18.3. The average Bonchev–Trinajstić information content (AvgIpc) is 3.23. The number of benzene rings is 1. The molecule has 0 bridgehead atoms. The smallest absolute Gasteiger partial charge is 0.251 e. The SMILES string of the molecule is Cc1cc2c(o1)CC(C)(C)CC2NC(=O)c1cccc(-n2cnnn2)c1. The van der Waals surface area contributed by atoms with Gasteiger partial charge in [0.15, 0.2) is 0 Å². The molecular formula is C19H21N5O2. The minimum Gasteiger partial charge on any atom is -0.466 e. The molecule has 0 spiro atoms. The quantitative estimate of drug-likeness (QED) is 0.784. The number of tetrazole rings is 1. The van der Waals surface area contributed by atoms with E-state index < -0.39 is 0 Å². The van der Waals surface area contributed by atoms with Gasteiger partial charge >= 0.3 is 0 Å². The number of rotatable bonds is 3. The molecule has 2 aromatic heterocycles. The molecule has 4 rings (SSSR count). The molecule has 0 aliphatic heterocycles. The number of nitrogens with one attached hydrogen (secondary N) is 1. The van der Waals surface area contributed by atoms with E-state index in [0.29, 0.717) is 5.56 Å². The lowest BCUT2D eigenvalue weighted by Crippen LogP contribution is -2.36. The molecule has 1 aromatic carbocycles. The molecule has 26 heavy (non-hydrogen) atoms. The lowest BCUT2D eigenvalue weighted by molar-refractivity contribution is 0.0917. The minimum atomic E-state index is -0.118. The molecule has 1 aliphatic rings. The lowest BCUT2D eigenvalue weighted by Gasteiger charge is -2.34. The van der Waals surface area contributed by atoms with Crippen LogP contribution in [-0.4, -0.2) is 26.1 Å². The fourth-order valence-corrected chi connectivity index (χ4v) is 3.62. The number of aryl methyl sites for hydroxylation is 1. The van der Waals surface area contributed by atoms with Crippen LogP contribution in [0.5, 0.6) is 0 Å². The van der Waals surface area contributed by atoms with Crippen molar-refractivity contribution < 1.29 is 9.21 Å². The highest BCUT2D eigenvalue weighted by Gasteiger charge is 2.35. The van der Waals surface area contributed by atoms with Crippen LogP contribution in [0.25, 0.3) is 5.69 Å². The molecule has 1 unspecified atom stereocenters. The monoisotopic (exact) mass is 351 g/mol. The van der Waals surface area contributed by atoms with E-state index in [0.717, 1.165) is 35.6 Å². The summed E-state index contributed by atoms with van der Waals surface area (Å²) in [6.07, 6.45) is 3.26. The van der Waals surface area contributed by atoms with Gasteiger partial charge < -0.3 is 9.73 Å². The Balaban J connectivity index is 1.59. The van der Waals surface area contributed by atoms with Crippen LogP contribution >= 0.6 is 0 Å². The Morgan fingerprint density at radius 3 is 2.96 bits per heavy atom. The van der Waals surface area contributed by atoms with Crippen LogP contribution in [0, 0.1) is 12.3 Å². The maximum atomic E-state index is 12.9. The average molecular weight is 351 g/mol. The summed E-state index contributed by atoms with van der Waals surface area (Å²) in [5.74, 6) is 1.74. The maximum Gasteiger partial charge on any atom is 0.251 e. The number of hydrogen-bond acceptors (Lipinski definition) is 5. The van der Waals surface area contributed by atoms with E-state index in [9.17, 15) is 4.79 Å². The molecule has 7 nitrogen and oxygen atoms in total. The molecule has 1 amide bonds. The van der Waals surface area contributed by atoms with E-state index in [1.807, 2.05) is 25.1 Å². The van der Waals surface area contributed by atoms with Gasteiger partial charge in [-0.3, -0.25) is 4.79 Å². The molecule has 1 atom stereocenters. The minimum absolute atomic E-state index is 0.0598. The summed E-state index contributed by atoms with van der Waals surface area (Å²) in [6.45, 7) is 6.34. The van der Waals surface area contributed by atoms with Crippen LogP contribution in [0.4, 0.5) is 0 Å². The second-order valence-corrected chi connectivity index (χ2v) is 7.61. The summed E-state index contributed by atoms with van der Waals surface area (Å²) < 4.78 is 7.38. The Bertz CT molecular complexity index is 943. The van der Waals surface area contributed by atoms with Gasteiger partial charge in [-0.1, -0.05) is 19.9 Å². The molecular weight excluding hydrogens is 330 g/mol. The first-order chi connectivity index (χ1) is 12.4. The second-order valence-electron chi connectivity index (χ2n) is 7.61. The van der Waals surface area contributed by atoms with Crippen molar-refractivity contribution in [2.75, 3.05) is 0 Å².